The van der Waals surface area contributed by atoms with Crippen LogP contribution in [0.3, 0.4) is 0 Å². The quantitative estimate of drug-likeness (QED) is 0.790. The summed E-state index contributed by atoms with van der Waals surface area (Å²) < 4.78 is 26.3. The molecule has 3 heterocycles. The maximum atomic E-state index is 12.4. The topological polar surface area (TPSA) is 79.4 Å². The maximum absolute atomic E-state index is 12.4. The molecule has 25 heavy (non-hydrogen) atoms. The number of anilines is 1. The summed E-state index contributed by atoms with van der Waals surface area (Å²) in [4.78, 5) is 18.4. The van der Waals surface area contributed by atoms with Crippen LogP contribution in [0.5, 0.6) is 0 Å². The molecule has 0 bridgehead atoms. The minimum Gasteiger partial charge on any atom is -0.298 e. The number of rotatable bonds is 5. The van der Waals surface area contributed by atoms with Gasteiger partial charge in [0.1, 0.15) is 0 Å². The predicted molar refractivity (Wildman–Crippen MR) is 100 cm³/mol. The second-order valence-electron chi connectivity index (χ2n) is 6.05. The number of aromatic nitrogens is 1. The van der Waals surface area contributed by atoms with E-state index in [0.29, 0.717) is 24.6 Å². The fourth-order valence-corrected chi connectivity index (χ4v) is 6.25. The number of amides is 1. The van der Waals surface area contributed by atoms with Crippen LogP contribution in [0.25, 0.3) is 6.08 Å². The van der Waals surface area contributed by atoms with Gasteiger partial charge in [-0.2, -0.15) is 4.31 Å². The first-order valence-electron chi connectivity index (χ1n) is 8.02. The molecule has 1 aliphatic carbocycles. The molecule has 1 amide bonds. The Morgan fingerprint density at radius 1 is 1.40 bits per heavy atom. The summed E-state index contributed by atoms with van der Waals surface area (Å²) in [5.41, 5.74) is 0.893. The molecule has 4 rings (SSSR count). The third-order valence-corrected chi connectivity index (χ3v) is 8.35. The van der Waals surface area contributed by atoms with Crippen molar-refractivity contribution in [3.05, 3.63) is 39.0 Å². The molecule has 0 spiro atoms. The van der Waals surface area contributed by atoms with Crippen LogP contribution in [0.2, 0.25) is 0 Å². The zero-order chi connectivity index (χ0) is 17.4. The third kappa shape index (κ3) is 3.69. The van der Waals surface area contributed by atoms with Crippen molar-refractivity contribution >= 4 is 49.8 Å². The highest BCUT2D eigenvalue weighted by Gasteiger charge is 2.41. The second kappa shape index (κ2) is 6.64. The number of fused-ring (bicyclic) bond motifs is 1. The molecule has 132 valence electrons. The first-order chi connectivity index (χ1) is 12.0. The molecule has 1 aliphatic heterocycles. The molecule has 0 atom stereocenters. The van der Waals surface area contributed by atoms with E-state index in [-0.39, 0.29) is 11.2 Å². The SMILES string of the molecule is O=C(/C=C/c1cccs1)Nc1nc2c(s1)CN(S(=O)(=O)C1CC1)CC2. The van der Waals surface area contributed by atoms with Crippen LogP contribution in [0.4, 0.5) is 5.13 Å². The number of thiazole rings is 1. The first kappa shape index (κ1) is 16.9. The normalized spacial score (nSPS) is 18.4. The van der Waals surface area contributed by atoms with Gasteiger partial charge in [0.2, 0.25) is 15.9 Å². The van der Waals surface area contributed by atoms with Crippen LogP contribution in [-0.2, 0) is 27.8 Å². The summed E-state index contributed by atoms with van der Waals surface area (Å²) in [5, 5.41) is 5.05. The lowest BCUT2D eigenvalue weighted by molar-refractivity contribution is -0.111. The molecule has 2 aliphatic rings. The van der Waals surface area contributed by atoms with Gasteiger partial charge in [-0.15, -0.1) is 22.7 Å². The molecule has 1 fully saturated rings. The molecule has 0 radical (unpaired) electrons. The van der Waals surface area contributed by atoms with Gasteiger partial charge in [0.25, 0.3) is 0 Å². The van der Waals surface area contributed by atoms with Crippen LogP contribution in [0.1, 0.15) is 28.3 Å². The van der Waals surface area contributed by atoms with E-state index in [2.05, 4.69) is 10.3 Å². The van der Waals surface area contributed by atoms with Gasteiger partial charge < -0.3 is 0 Å². The highest BCUT2D eigenvalue weighted by Crippen LogP contribution is 2.35. The zero-order valence-corrected chi connectivity index (χ0v) is 15.8. The Balaban J connectivity index is 1.42. The van der Waals surface area contributed by atoms with Crippen molar-refractivity contribution < 1.29 is 13.2 Å². The third-order valence-electron chi connectivity index (χ3n) is 4.17. The molecule has 0 saturated heterocycles. The number of nitrogens with zero attached hydrogens (tertiary/aromatic N) is 2. The van der Waals surface area contributed by atoms with E-state index < -0.39 is 10.0 Å². The fourth-order valence-electron chi connectivity index (χ4n) is 2.71. The molecule has 0 aromatic carbocycles. The number of nitrogens with one attached hydrogen (secondary N) is 1. The van der Waals surface area contributed by atoms with Gasteiger partial charge in [0, 0.05) is 35.3 Å². The molecule has 1 N–H and O–H groups in total. The Labute approximate surface area is 154 Å². The van der Waals surface area contributed by atoms with Gasteiger partial charge in [-0.1, -0.05) is 6.07 Å². The summed E-state index contributed by atoms with van der Waals surface area (Å²) in [6, 6.07) is 3.87. The number of carbonyl (C=O) groups is 1. The molecule has 1 saturated carbocycles. The van der Waals surface area contributed by atoms with Gasteiger partial charge in [0.05, 0.1) is 10.9 Å². The molecule has 0 unspecified atom stereocenters. The molecule has 2 aromatic rings. The lowest BCUT2D eigenvalue weighted by Crippen LogP contribution is -2.37. The van der Waals surface area contributed by atoms with E-state index in [4.69, 9.17) is 0 Å². The van der Waals surface area contributed by atoms with Gasteiger partial charge in [-0.05, 0) is 30.4 Å². The number of carbonyl (C=O) groups excluding carboxylic acids is 1. The van der Waals surface area contributed by atoms with Crippen LogP contribution < -0.4 is 5.32 Å². The van der Waals surface area contributed by atoms with Crippen molar-refractivity contribution in [3.8, 4) is 0 Å². The summed E-state index contributed by atoms with van der Waals surface area (Å²) in [7, 11) is -3.16. The number of sulfonamides is 1. The van der Waals surface area contributed by atoms with E-state index >= 15 is 0 Å². The van der Waals surface area contributed by atoms with E-state index in [0.717, 1.165) is 28.3 Å². The predicted octanol–water partition coefficient (Wildman–Crippen LogP) is 2.71. The summed E-state index contributed by atoms with van der Waals surface area (Å²) in [6.45, 7) is 0.841. The van der Waals surface area contributed by atoms with Crippen LogP contribution in [0.15, 0.2) is 23.6 Å². The molecule has 6 nitrogen and oxygen atoms in total. The first-order valence-corrected chi connectivity index (χ1v) is 11.2. The van der Waals surface area contributed by atoms with Crippen LogP contribution >= 0.6 is 22.7 Å². The number of thiophene rings is 1. The van der Waals surface area contributed by atoms with Crippen LogP contribution in [-0.4, -0.2) is 35.4 Å². The average molecular weight is 396 g/mol. The second-order valence-corrected chi connectivity index (χ2v) is 10.3. The Kier molecular flexibility index (Phi) is 4.48. The maximum Gasteiger partial charge on any atom is 0.250 e. The average Bonchev–Trinajstić information content (AvgIpc) is 3.18. The minimum atomic E-state index is -3.16. The monoisotopic (exact) mass is 395 g/mol. The lowest BCUT2D eigenvalue weighted by Gasteiger charge is -2.25. The van der Waals surface area contributed by atoms with Crippen molar-refractivity contribution in [1.29, 1.82) is 0 Å². The number of hydrogen-bond acceptors (Lipinski definition) is 6. The Hall–Kier alpha value is -1.55. The Morgan fingerprint density at radius 2 is 2.24 bits per heavy atom. The summed E-state index contributed by atoms with van der Waals surface area (Å²) >= 11 is 2.92. The van der Waals surface area contributed by atoms with Crippen molar-refractivity contribution in [3.63, 3.8) is 0 Å². The van der Waals surface area contributed by atoms with Crippen LogP contribution in [0, 0.1) is 0 Å². The van der Waals surface area contributed by atoms with Gasteiger partial charge in [-0.25, -0.2) is 13.4 Å². The molecule has 9 heteroatoms. The smallest absolute Gasteiger partial charge is 0.250 e. The van der Waals surface area contributed by atoms with Crippen molar-refractivity contribution in [2.24, 2.45) is 0 Å². The Morgan fingerprint density at radius 3 is 2.96 bits per heavy atom. The number of hydrogen-bond donors (Lipinski definition) is 1. The largest absolute Gasteiger partial charge is 0.298 e. The highest BCUT2D eigenvalue weighted by molar-refractivity contribution is 7.90. The highest BCUT2D eigenvalue weighted by atomic mass is 32.2. The summed E-state index contributed by atoms with van der Waals surface area (Å²) in [6.07, 6.45) is 5.38. The van der Waals surface area contributed by atoms with Crippen molar-refractivity contribution in [2.75, 3.05) is 11.9 Å². The molecular formula is C16H17N3O3S3. The zero-order valence-electron chi connectivity index (χ0n) is 13.3. The Bertz CT molecular complexity index is 912. The minimum absolute atomic E-state index is 0.191. The van der Waals surface area contributed by atoms with E-state index in [9.17, 15) is 13.2 Å². The molecule has 2 aromatic heterocycles. The van der Waals surface area contributed by atoms with E-state index in [1.807, 2.05) is 17.5 Å². The van der Waals surface area contributed by atoms with E-state index in [1.54, 1.807) is 21.7 Å². The van der Waals surface area contributed by atoms with Gasteiger partial charge in [0.15, 0.2) is 5.13 Å². The standard InChI is InChI=1S/C16H17N3O3S3/c20-15(6-3-11-2-1-9-23-11)18-16-17-13-7-8-19(10-14(13)24-16)25(21,22)12-4-5-12/h1-3,6,9,12H,4-5,7-8,10H2,(H,17,18,20)/b6-3+. The molecular weight excluding hydrogens is 378 g/mol. The fraction of sp³-hybridized carbons (Fsp3) is 0.375. The summed E-state index contributed by atoms with van der Waals surface area (Å²) in [5.74, 6) is -0.234. The van der Waals surface area contributed by atoms with Gasteiger partial charge >= 0.3 is 0 Å². The van der Waals surface area contributed by atoms with Crippen molar-refractivity contribution in [2.45, 2.75) is 31.1 Å². The lowest BCUT2D eigenvalue weighted by atomic mass is 10.2. The van der Waals surface area contributed by atoms with Crippen molar-refractivity contribution in [1.82, 2.24) is 9.29 Å². The van der Waals surface area contributed by atoms with Gasteiger partial charge in [-0.3, -0.25) is 10.1 Å². The van der Waals surface area contributed by atoms with E-state index in [1.165, 1.54) is 17.4 Å².